The van der Waals surface area contributed by atoms with Crippen LogP contribution >= 0.6 is 0 Å². The van der Waals surface area contributed by atoms with Crippen LogP contribution in [0.1, 0.15) is 30.3 Å². The first kappa shape index (κ1) is 9.68. The van der Waals surface area contributed by atoms with E-state index in [1.54, 1.807) is 0 Å². The maximum atomic E-state index is 9.53. The molecule has 1 N–H and O–H groups in total. The molecule has 4 nitrogen and oxygen atoms in total. The number of aliphatic hydroxyl groups excluding tert-OH is 1. The van der Waals surface area contributed by atoms with Crippen LogP contribution in [0.5, 0.6) is 0 Å². The van der Waals surface area contributed by atoms with Gasteiger partial charge in [0, 0.05) is 20.1 Å². The zero-order chi connectivity index (χ0) is 10.1. The summed E-state index contributed by atoms with van der Waals surface area (Å²) in [5.74, 6) is 0. The van der Waals surface area contributed by atoms with E-state index in [4.69, 9.17) is 4.74 Å². The van der Waals surface area contributed by atoms with Crippen molar-refractivity contribution in [3.05, 3.63) is 17.5 Å². The maximum absolute atomic E-state index is 9.53. The molecule has 0 saturated carbocycles. The molecule has 1 saturated heterocycles. The van der Waals surface area contributed by atoms with Crippen molar-refractivity contribution < 1.29 is 9.84 Å². The molecule has 1 aliphatic heterocycles. The van der Waals surface area contributed by atoms with Gasteiger partial charge in [-0.3, -0.25) is 4.68 Å². The average Bonchev–Trinajstić information content (AvgIpc) is 2.45. The van der Waals surface area contributed by atoms with E-state index in [1.165, 1.54) is 0 Å². The summed E-state index contributed by atoms with van der Waals surface area (Å²) in [6, 6.07) is 2.02. The number of hydrogen-bond donors (Lipinski definition) is 1. The first-order chi connectivity index (χ1) is 6.66. The first-order valence-electron chi connectivity index (χ1n) is 4.97. The van der Waals surface area contributed by atoms with E-state index >= 15 is 0 Å². The molecule has 1 fully saturated rings. The van der Waals surface area contributed by atoms with Crippen LogP contribution in [0.2, 0.25) is 0 Å². The Bertz CT molecular complexity index is 322. The second kappa shape index (κ2) is 3.71. The molecular formula is C10H16N2O2. The van der Waals surface area contributed by atoms with Crippen molar-refractivity contribution in [1.82, 2.24) is 9.78 Å². The molecule has 1 aromatic rings. The van der Waals surface area contributed by atoms with E-state index in [-0.39, 0.29) is 12.2 Å². The van der Waals surface area contributed by atoms with Gasteiger partial charge in [-0.2, -0.15) is 5.10 Å². The zero-order valence-electron chi connectivity index (χ0n) is 8.60. The Morgan fingerprint density at radius 1 is 1.64 bits per heavy atom. The summed E-state index contributed by atoms with van der Waals surface area (Å²) in [6.07, 6.45) is 1.20. The molecule has 2 heterocycles. The molecule has 4 heteroatoms. The Labute approximate surface area is 83.5 Å². The van der Waals surface area contributed by atoms with E-state index in [1.807, 2.05) is 24.7 Å². The lowest BCUT2D eigenvalue weighted by molar-refractivity contribution is -0.0481. The third kappa shape index (κ3) is 1.81. The van der Waals surface area contributed by atoms with E-state index in [0.29, 0.717) is 13.0 Å². The van der Waals surface area contributed by atoms with Crippen molar-refractivity contribution in [2.45, 2.75) is 32.0 Å². The van der Waals surface area contributed by atoms with Crippen LogP contribution in [0.15, 0.2) is 6.07 Å². The molecule has 1 aliphatic rings. The maximum Gasteiger partial charge on any atom is 0.102 e. The predicted molar refractivity (Wildman–Crippen MR) is 51.9 cm³/mol. The Morgan fingerprint density at radius 3 is 3.00 bits per heavy atom. The molecule has 2 rings (SSSR count). The van der Waals surface area contributed by atoms with Gasteiger partial charge in [0.05, 0.1) is 17.5 Å². The molecule has 78 valence electrons. The van der Waals surface area contributed by atoms with Crippen molar-refractivity contribution in [3.63, 3.8) is 0 Å². The van der Waals surface area contributed by atoms with Gasteiger partial charge in [-0.15, -0.1) is 0 Å². The van der Waals surface area contributed by atoms with Crippen molar-refractivity contribution >= 4 is 0 Å². The second-order valence-corrected chi connectivity index (χ2v) is 3.87. The predicted octanol–water partition coefficient (Wildman–Crippen LogP) is 0.941. The van der Waals surface area contributed by atoms with Gasteiger partial charge in [0.2, 0.25) is 0 Å². The number of nitrogens with zero attached hydrogens (tertiary/aromatic N) is 2. The molecule has 2 unspecified atom stereocenters. The summed E-state index contributed by atoms with van der Waals surface area (Å²) in [5, 5.41) is 13.8. The summed E-state index contributed by atoms with van der Waals surface area (Å²) in [6.45, 7) is 2.60. The van der Waals surface area contributed by atoms with Crippen LogP contribution in [-0.2, 0) is 11.8 Å². The molecular weight excluding hydrogens is 180 g/mol. The Kier molecular flexibility index (Phi) is 2.56. The molecule has 1 aromatic heterocycles. The fraction of sp³-hybridized carbons (Fsp3) is 0.700. The van der Waals surface area contributed by atoms with Crippen LogP contribution in [0.3, 0.4) is 0 Å². The van der Waals surface area contributed by atoms with E-state index in [2.05, 4.69) is 5.10 Å². The Morgan fingerprint density at radius 2 is 2.43 bits per heavy atom. The highest BCUT2D eigenvalue weighted by Crippen LogP contribution is 2.27. The van der Waals surface area contributed by atoms with Crippen molar-refractivity contribution in [2.75, 3.05) is 6.61 Å². The van der Waals surface area contributed by atoms with Crippen LogP contribution < -0.4 is 0 Å². The van der Waals surface area contributed by atoms with E-state index in [0.717, 1.165) is 17.8 Å². The third-order valence-corrected chi connectivity index (χ3v) is 2.62. The molecule has 0 radical (unpaired) electrons. The number of aliphatic hydroxyl groups is 1. The minimum absolute atomic E-state index is 0.00458. The zero-order valence-corrected chi connectivity index (χ0v) is 8.60. The van der Waals surface area contributed by atoms with Gasteiger partial charge in [-0.25, -0.2) is 0 Å². The van der Waals surface area contributed by atoms with Crippen molar-refractivity contribution in [3.8, 4) is 0 Å². The first-order valence-corrected chi connectivity index (χ1v) is 4.97. The fourth-order valence-electron chi connectivity index (χ4n) is 1.92. The lowest BCUT2D eigenvalue weighted by atomic mass is 10.0. The standard InChI is InChI=1S/C10H16N2O2/c1-7-5-9(12(2)11-7)10-6-8(13)3-4-14-10/h5,8,10,13H,3-4,6H2,1-2H3. The van der Waals surface area contributed by atoms with E-state index in [9.17, 15) is 5.11 Å². The average molecular weight is 196 g/mol. The van der Waals surface area contributed by atoms with Crippen LogP contribution in [0.25, 0.3) is 0 Å². The van der Waals surface area contributed by atoms with Crippen LogP contribution in [-0.4, -0.2) is 27.6 Å². The Hall–Kier alpha value is -0.870. The number of rotatable bonds is 1. The molecule has 0 amide bonds. The van der Waals surface area contributed by atoms with Gasteiger partial charge in [0.1, 0.15) is 6.10 Å². The van der Waals surface area contributed by atoms with Gasteiger partial charge < -0.3 is 9.84 Å². The number of hydrogen-bond acceptors (Lipinski definition) is 3. The van der Waals surface area contributed by atoms with E-state index < -0.39 is 0 Å². The van der Waals surface area contributed by atoms with Crippen molar-refractivity contribution in [2.24, 2.45) is 7.05 Å². The van der Waals surface area contributed by atoms with Gasteiger partial charge in [-0.1, -0.05) is 0 Å². The minimum Gasteiger partial charge on any atom is -0.393 e. The quantitative estimate of drug-likeness (QED) is 0.727. The van der Waals surface area contributed by atoms with Crippen LogP contribution in [0, 0.1) is 6.92 Å². The molecule has 0 bridgehead atoms. The minimum atomic E-state index is -0.232. The van der Waals surface area contributed by atoms with Gasteiger partial charge >= 0.3 is 0 Å². The number of ether oxygens (including phenoxy) is 1. The summed E-state index contributed by atoms with van der Waals surface area (Å²) in [4.78, 5) is 0. The highest BCUT2D eigenvalue weighted by molar-refractivity contribution is 5.12. The molecule has 0 spiro atoms. The van der Waals surface area contributed by atoms with Crippen LogP contribution in [0.4, 0.5) is 0 Å². The van der Waals surface area contributed by atoms with Gasteiger partial charge in [-0.05, 0) is 19.4 Å². The summed E-state index contributed by atoms with van der Waals surface area (Å²) < 4.78 is 7.44. The highest BCUT2D eigenvalue weighted by Gasteiger charge is 2.24. The second-order valence-electron chi connectivity index (χ2n) is 3.87. The third-order valence-electron chi connectivity index (χ3n) is 2.62. The molecule has 0 aliphatic carbocycles. The molecule has 2 atom stereocenters. The lowest BCUT2D eigenvalue weighted by Crippen LogP contribution is -2.24. The summed E-state index contributed by atoms with van der Waals surface area (Å²) in [5.41, 5.74) is 2.05. The topological polar surface area (TPSA) is 47.3 Å². The SMILES string of the molecule is Cc1cc(C2CC(O)CCO2)n(C)n1. The summed E-state index contributed by atoms with van der Waals surface area (Å²) in [7, 11) is 1.91. The normalized spacial score (nSPS) is 27.9. The smallest absolute Gasteiger partial charge is 0.102 e. The molecule has 0 aromatic carbocycles. The van der Waals surface area contributed by atoms with Gasteiger partial charge in [0.25, 0.3) is 0 Å². The molecule has 14 heavy (non-hydrogen) atoms. The largest absolute Gasteiger partial charge is 0.393 e. The number of aryl methyl sites for hydroxylation is 2. The summed E-state index contributed by atoms with van der Waals surface area (Å²) >= 11 is 0. The number of aromatic nitrogens is 2. The Balaban J connectivity index is 2.17. The highest BCUT2D eigenvalue weighted by atomic mass is 16.5. The van der Waals surface area contributed by atoms with Crippen molar-refractivity contribution in [1.29, 1.82) is 0 Å². The fourth-order valence-corrected chi connectivity index (χ4v) is 1.92. The van der Waals surface area contributed by atoms with Gasteiger partial charge in [0.15, 0.2) is 0 Å². The lowest BCUT2D eigenvalue weighted by Gasteiger charge is -2.26. The monoisotopic (exact) mass is 196 g/mol.